The van der Waals surface area contributed by atoms with E-state index in [1.807, 2.05) is 61.5 Å². The smallest absolute Gasteiger partial charge is 0.476 e. The maximum absolute atomic E-state index is 12.0. The van der Waals surface area contributed by atoms with Gasteiger partial charge >= 0.3 is 13.2 Å². The molecule has 1 saturated heterocycles. The number of hydrogen-bond donors (Lipinski definition) is 0. The van der Waals surface area contributed by atoms with Crippen LogP contribution in [0.5, 0.6) is 5.88 Å². The van der Waals surface area contributed by atoms with E-state index in [1.165, 1.54) is 4.90 Å². The van der Waals surface area contributed by atoms with Gasteiger partial charge in [-0.15, -0.1) is 0 Å². The largest absolute Gasteiger partial charge is 0.496 e. The van der Waals surface area contributed by atoms with Gasteiger partial charge in [-0.25, -0.2) is 9.78 Å². The minimum Gasteiger partial charge on any atom is -0.476 e. The van der Waals surface area contributed by atoms with E-state index >= 15 is 0 Å². The van der Waals surface area contributed by atoms with Gasteiger partial charge in [0.15, 0.2) is 0 Å². The molecule has 1 fully saturated rings. The fourth-order valence-electron chi connectivity index (χ4n) is 2.55. The molecule has 0 spiro atoms. The van der Waals surface area contributed by atoms with Gasteiger partial charge in [0.1, 0.15) is 12.2 Å². The lowest BCUT2D eigenvalue weighted by Crippen LogP contribution is -2.41. The summed E-state index contributed by atoms with van der Waals surface area (Å²) in [5.74, 6) is 0.526. The zero-order chi connectivity index (χ0) is 21.3. The summed E-state index contributed by atoms with van der Waals surface area (Å²) in [5, 5.41) is 0. The second-order valence-electron chi connectivity index (χ2n) is 9.23. The minimum atomic E-state index is -0.520. The highest BCUT2D eigenvalue weighted by molar-refractivity contribution is 6.62. The summed E-state index contributed by atoms with van der Waals surface area (Å²) in [5.41, 5.74) is 0.426. The van der Waals surface area contributed by atoms with E-state index in [9.17, 15) is 4.79 Å². The summed E-state index contributed by atoms with van der Waals surface area (Å²) < 4.78 is 23.2. The minimum absolute atomic E-state index is 0.319. The molecule has 2 rings (SSSR count). The highest BCUT2D eigenvalue weighted by atomic mass is 16.7. The maximum Gasteiger partial charge on any atom is 0.496 e. The van der Waals surface area contributed by atoms with E-state index < -0.39 is 23.9 Å². The molecule has 156 valence electrons. The fraction of sp³-hybridized carbons (Fsp3) is 0.700. The van der Waals surface area contributed by atoms with Gasteiger partial charge in [0.25, 0.3) is 0 Å². The molecule has 0 aromatic carbocycles. The van der Waals surface area contributed by atoms with Crippen LogP contribution in [0.15, 0.2) is 12.3 Å². The normalized spacial score (nSPS) is 18.1. The Labute approximate surface area is 168 Å². The third-order valence-electron chi connectivity index (χ3n) is 4.95. The second kappa shape index (κ2) is 7.91. The maximum atomic E-state index is 12.0. The number of pyridine rings is 1. The quantitative estimate of drug-likeness (QED) is 0.718. The van der Waals surface area contributed by atoms with Crippen molar-refractivity contribution in [3.05, 3.63) is 17.8 Å². The number of aryl methyl sites for hydroxylation is 1. The predicted octanol–water partition coefficient (Wildman–Crippen LogP) is 2.93. The zero-order valence-electron chi connectivity index (χ0n) is 18.6. The first-order chi connectivity index (χ1) is 12.7. The van der Waals surface area contributed by atoms with Crippen LogP contribution in [-0.2, 0) is 14.0 Å². The van der Waals surface area contributed by atoms with Crippen molar-refractivity contribution in [3.8, 4) is 5.88 Å². The van der Waals surface area contributed by atoms with Gasteiger partial charge in [-0.1, -0.05) is 6.07 Å². The molecule has 0 radical (unpaired) electrons. The Morgan fingerprint density at radius 1 is 1.21 bits per heavy atom. The van der Waals surface area contributed by atoms with Crippen molar-refractivity contribution in [2.24, 2.45) is 0 Å². The number of carbonyl (C=O) groups excluding carboxylic acids is 1. The van der Waals surface area contributed by atoms with E-state index in [0.29, 0.717) is 19.0 Å². The Kier molecular flexibility index (Phi) is 6.36. The van der Waals surface area contributed by atoms with Crippen LogP contribution in [0.25, 0.3) is 0 Å². The van der Waals surface area contributed by atoms with E-state index in [2.05, 4.69) is 4.98 Å². The van der Waals surface area contributed by atoms with Crippen LogP contribution in [-0.4, -0.2) is 60.1 Å². The molecule has 0 aliphatic carbocycles. The lowest BCUT2D eigenvalue weighted by Gasteiger charge is -2.32. The standard InChI is InChI=1S/C20H33BN2O5/c1-14-12-15(21-27-19(5,6)20(7,8)28-21)13-22-16(14)25-11-10-23(9)17(24)26-18(2,3)4/h12-13H,10-11H2,1-9H3. The van der Waals surface area contributed by atoms with E-state index in [4.69, 9.17) is 18.8 Å². The van der Waals surface area contributed by atoms with Crippen LogP contribution in [0, 0.1) is 6.92 Å². The van der Waals surface area contributed by atoms with Gasteiger partial charge in [-0.3, -0.25) is 0 Å². The molecule has 0 unspecified atom stereocenters. The lowest BCUT2D eigenvalue weighted by atomic mass is 9.80. The van der Waals surface area contributed by atoms with Crippen LogP contribution >= 0.6 is 0 Å². The molecule has 1 aliphatic heterocycles. The van der Waals surface area contributed by atoms with Crippen LogP contribution in [0.2, 0.25) is 0 Å². The number of nitrogens with zero attached hydrogens (tertiary/aromatic N) is 2. The molecule has 0 atom stereocenters. The second-order valence-corrected chi connectivity index (χ2v) is 9.23. The van der Waals surface area contributed by atoms with Crippen molar-refractivity contribution >= 4 is 18.7 Å². The van der Waals surface area contributed by atoms with Crippen LogP contribution in [0.3, 0.4) is 0 Å². The van der Waals surface area contributed by atoms with Gasteiger partial charge in [0.2, 0.25) is 5.88 Å². The number of ether oxygens (including phenoxy) is 2. The molecule has 0 N–H and O–H groups in total. The topological polar surface area (TPSA) is 70.1 Å². The summed E-state index contributed by atoms with van der Waals surface area (Å²) in [6, 6.07) is 1.96. The third kappa shape index (κ3) is 5.38. The molecule has 28 heavy (non-hydrogen) atoms. The number of hydrogen-bond acceptors (Lipinski definition) is 6. The molecule has 1 amide bonds. The van der Waals surface area contributed by atoms with E-state index in [-0.39, 0.29) is 6.09 Å². The average molecular weight is 392 g/mol. The van der Waals surface area contributed by atoms with E-state index in [1.54, 1.807) is 13.2 Å². The first-order valence-corrected chi connectivity index (χ1v) is 9.61. The Bertz CT molecular complexity index is 699. The first kappa shape index (κ1) is 22.5. The molecule has 0 saturated carbocycles. The number of rotatable bonds is 5. The van der Waals surface area contributed by atoms with Gasteiger partial charge in [-0.05, 0) is 55.4 Å². The van der Waals surface area contributed by atoms with Crippen molar-refractivity contribution in [3.63, 3.8) is 0 Å². The Morgan fingerprint density at radius 2 is 1.79 bits per heavy atom. The fourth-order valence-corrected chi connectivity index (χ4v) is 2.55. The van der Waals surface area contributed by atoms with E-state index in [0.717, 1.165) is 11.0 Å². The third-order valence-corrected chi connectivity index (χ3v) is 4.95. The first-order valence-electron chi connectivity index (χ1n) is 9.61. The van der Waals surface area contributed by atoms with Crippen molar-refractivity contribution < 1.29 is 23.6 Å². The Hall–Kier alpha value is -1.80. The molecule has 7 nitrogen and oxygen atoms in total. The Morgan fingerprint density at radius 3 is 2.29 bits per heavy atom. The van der Waals surface area contributed by atoms with Crippen molar-refractivity contribution in [1.29, 1.82) is 0 Å². The Balaban J connectivity index is 1.92. The summed E-state index contributed by atoms with van der Waals surface area (Å²) in [6.45, 7) is 16.2. The molecule has 0 bridgehead atoms. The van der Waals surface area contributed by atoms with Crippen LogP contribution in [0.4, 0.5) is 4.79 Å². The van der Waals surface area contributed by atoms with Crippen molar-refractivity contribution in [2.75, 3.05) is 20.2 Å². The monoisotopic (exact) mass is 392 g/mol. The highest BCUT2D eigenvalue weighted by Crippen LogP contribution is 2.36. The van der Waals surface area contributed by atoms with Gasteiger partial charge in [0, 0.05) is 24.3 Å². The summed E-state index contributed by atoms with van der Waals surface area (Å²) in [4.78, 5) is 17.9. The molecule has 1 aromatic heterocycles. The number of amides is 1. The number of likely N-dealkylation sites (N-methyl/N-ethyl adjacent to an activating group) is 1. The molecule has 1 aliphatic rings. The van der Waals surface area contributed by atoms with Crippen LogP contribution < -0.4 is 10.2 Å². The summed E-state index contributed by atoms with van der Waals surface area (Å²) >= 11 is 0. The van der Waals surface area contributed by atoms with Gasteiger partial charge in [0.05, 0.1) is 17.7 Å². The molecule has 2 heterocycles. The SMILES string of the molecule is Cc1cc(B2OC(C)(C)C(C)(C)O2)cnc1OCCN(C)C(=O)OC(C)(C)C. The lowest BCUT2D eigenvalue weighted by molar-refractivity contribution is 0.00578. The average Bonchev–Trinajstić information content (AvgIpc) is 2.75. The molecule has 8 heteroatoms. The molecular formula is C20H33BN2O5. The van der Waals surface area contributed by atoms with Gasteiger partial charge in [-0.2, -0.15) is 0 Å². The van der Waals surface area contributed by atoms with Crippen LogP contribution in [0.1, 0.15) is 54.0 Å². The molecule has 1 aromatic rings. The van der Waals surface area contributed by atoms with Crippen molar-refractivity contribution in [1.82, 2.24) is 9.88 Å². The number of carbonyl (C=O) groups is 1. The van der Waals surface area contributed by atoms with Crippen molar-refractivity contribution in [2.45, 2.75) is 72.2 Å². The summed E-state index contributed by atoms with van der Waals surface area (Å²) in [6.07, 6.45) is 1.33. The highest BCUT2D eigenvalue weighted by Gasteiger charge is 2.51. The zero-order valence-corrected chi connectivity index (χ0v) is 18.6. The number of aromatic nitrogens is 1. The molecular weight excluding hydrogens is 359 g/mol. The van der Waals surface area contributed by atoms with Gasteiger partial charge < -0.3 is 23.7 Å². The predicted molar refractivity (Wildman–Crippen MR) is 109 cm³/mol. The summed E-state index contributed by atoms with van der Waals surface area (Å²) in [7, 11) is 1.22.